The molecule has 0 amide bonds. The van der Waals surface area contributed by atoms with Crippen molar-refractivity contribution in [1.29, 1.82) is 0 Å². The lowest BCUT2D eigenvalue weighted by atomic mass is 9.86. The molecule has 1 atom stereocenters. The summed E-state index contributed by atoms with van der Waals surface area (Å²) < 4.78 is 1.71. The number of hydrogen-bond donors (Lipinski definition) is 1. The first kappa shape index (κ1) is 14.7. The van der Waals surface area contributed by atoms with E-state index in [0.717, 1.165) is 12.1 Å². The van der Waals surface area contributed by atoms with E-state index in [1.807, 2.05) is 24.3 Å². The summed E-state index contributed by atoms with van der Waals surface area (Å²) in [5.74, 6) is 0. The molecule has 0 saturated heterocycles. The number of benzene rings is 1. The summed E-state index contributed by atoms with van der Waals surface area (Å²) in [7, 11) is 0. The second-order valence-corrected chi connectivity index (χ2v) is 6.20. The second-order valence-electron chi connectivity index (χ2n) is 6.20. The van der Waals surface area contributed by atoms with Crippen LogP contribution in [0, 0.1) is 5.41 Å². The van der Waals surface area contributed by atoms with Gasteiger partial charge >= 0.3 is 0 Å². The highest BCUT2D eigenvalue weighted by Crippen LogP contribution is 2.20. The summed E-state index contributed by atoms with van der Waals surface area (Å²) in [5, 5.41) is 4.14. The molecule has 4 heteroatoms. The maximum absolute atomic E-state index is 12.5. The maximum atomic E-state index is 12.5. The van der Waals surface area contributed by atoms with Gasteiger partial charge in [0.15, 0.2) is 0 Å². The van der Waals surface area contributed by atoms with Crippen molar-refractivity contribution in [2.24, 2.45) is 5.41 Å². The van der Waals surface area contributed by atoms with Crippen LogP contribution in [-0.2, 0) is 6.54 Å². The van der Waals surface area contributed by atoms with Gasteiger partial charge in [-0.15, -0.1) is 0 Å². The molecule has 4 nitrogen and oxygen atoms in total. The lowest BCUT2D eigenvalue weighted by molar-refractivity contribution is 0.243. The molecule has 1 N–H and O–H groups in total. The monoisotopic (exact) mass is 273 g/mol. The Bertz CT molecular complexity index is 640. The van der Waals surface area contributed by atoms with E-state index >= 15 is 0 Å². The van der Waals surface area contributed by atoms with E-state index < -0.39 is 0 Å². The van der Waals surface area contributed by atoms with Gasteiger partial charge in [0, 0.05) is 12.6 Å². The second kappa shape index (κ2) is 5.75. The molecule has 2 aromatic rings. The molecule has 0 aliphatic rings. The van der Waals surface area contributed by atoms with E-state index in [4.69, 9.17) is 0 Å². The van der Waals surface area contributed by atoms with Gasteiger partial charge in [0.05, 0.1) is 17.2 Å². The molecule has 1 unspecified atom stereocenters. The van der Waals surface area contributed by atoms with Gasteiger partial charge in [0.1, 0.15) is 0 Å². The van der Waals surface area contributed by atoms with Gasteiger partial charge in [0.25, 0.3) is 5.56 Å². The Morgan fingerprint density at radius 1 is 1.30 bits per heavy atom. The summed E-state index contributed by atoms with van der Waals surface area (Å²) in [6.45, 7) is 10.1. The standard InChI is InChI=1S/C16H23N3O/c1-5-17-14(16(2,3)4)10-19-11-18-13-9-7-6-8-12(13)15(19)20/h6-9,11,14,17H,5,10H2,1-4H3. The van der Waals surface area contributed by atoms with E-state index in [9.17, 15) is 4.79 Å². The fraction of sp³-hybridized carbons (Fsp3) is 0.500. The zero-order valence-corrected chi connectivity index (χ0v) is 12.7. The molecule has 0 aliphatic heterocycles. The molecule has 0 bridgehead atoms. The Kier molecular flexibility index (Phi) is 4.23. The van der Waals surface area contributed by atoms with Gasteiger partial charge < -0.3 is 5.32 Å². The quantitative estimate of drug-likeness (QED) is 0.930. The van der Waals surface area contributed by atoms with Crippen LogP contribution >= 0.6 is 0 Å². The molecule has 1 heterocycles. The Hall–Kier alpha value is -1.68. The van der Waals surface area contributed by atoms with Gasteiger partial charge in [-0.2, -0.15) is 0 Å². The van der Waals surface area contributed by atoms with Crippen LogP contribution < -0.4 is 10.9 Å². The minimum absolute atomic E-state index is 0.0303. The van der Waals surface area contributed by atoms with Crippen LogP contribution in [0.1, 0.15) is 27.7 Å². The van der Waals surface area contributed by atoms with Crippen molar-refractivity contribution in [3.8, 4) is 0 Å². The average molecular weight is 273 g/mol. The fourth-order valence-electron chi connectivity index (χ4n) is 2.32. The molecule has 0 saturated carbocycles. The van der Waals surface area contributed by atoms with Gasteiger partial charge in [0.2, 0.25) is 0 Å². The number of fused-ring (bicyclic) bond motifs is 1. The zero-order chi connectivity index (χ0) is 14.8. The lowest BCUT2D eigenvalue weighted by Crippen LogP contribution is -2.45. The van der Waals surface area contributed by atoms with Gasteiger partial charge in [-0.1, -0.05) is 39.8 Å². The van der Waals surface area contributed by atoms with E-state index in [-0.39, 0.29) is 17.0 Å². The van der Waals surface area contributed by atoms with Crippen LogP contribution in [0.5, 0.6) is 0 Å². The number of nitrogens with one attached hydrogen (secondary N) is 1. The Morgan fingerprint density at radius 3 is 2.65 bits per heavy atom. The van der Waals surface area contributed by atoms with Crippen LogP contribution in [-0.4, -0.2) is 22.1 Å². The minimum Gasteiger partial charge on any atom is -0.312 e. The molecular weight excluding hydrogens is 250 g/mol. The van der Waals surface area contributed by atoms with Gasteiger partial charge in [-0.3, -0.25) is 9.36 Å². The smallest absolute Gasteiger partial charge is 0.261 e. The molecule has 0 aliphatic carbocycles. The first-order valence-electron chi connectivity index (χ1n) is 7.11. The molecule has 0 spiro atoms. The SMILES string of the molecule is CCNC(Cn1cnc2ccccc2c1=O)C(C)(C)C. The highest BCUT2D eigenvalue weighted by molar-refractivity contribution is 5.76. The van der Waals surface area contributed by atoms with Crippen LogP contribution in [0.25, 0.3) is 10.9 Å². The first-order valence-corrected chi connectivity index (χ1v) is 7.11. The van der Waals surface area contributed by atoms with Crippen LogP contribution in [0.2, 0.25) is 0 Å². The van der Waals surface area contributed by atoms with E-state index in [2.05, 4.69) is 38.0 Å². The molecule has 1 aromatic heterocycles. The molecular formula is C16H23N3O. The molecule has 0 radical (unpaired) electrons. The Balaban J connectivity index is 2.38. The van der Waals surface area contributed by atoms with Gasteiger partial charge in [-0.25, -0.2) is 4.98 Å². The summed E-state index contributed by atoms with van der Waals surface area (Å²) in [4.78, 5) is 16.9. The number of rotatable bonds is 4. The van der Waals surface area contributed by atoms with Crippen LogP contribution in [0.3, 0.4) is 0 Å². The third kappa shape index (κ3) is 3.07. The first-order chi connectivity index (χ1) is 9.43. The summed E-state index contributed by atoms with van der Waals surface area (Å²) in [6, 6.07) is 7.71. The van der Waals surface area contributed by atoms with Crippen LogP contribution in [0.4, 0.5) is 0 Å². The Labute approximate surface area is 119 Å². The highest BCUT2D eigenvalue weighted by atomic mass is 16.1. The highest BCUT2D eigenvalue weighted by Gasteiger charge is 2.24. The van der Waals surface area contributed by atoms with E-state index in [1.165, 1.54) is 0 Å². The molecule has 2 rings (SSSR count). The maximum Gasteiger partial charge on any atom is 0.261 e. The minimum atomic E-state index is 0.0303. The fourth-order valence-corrected chi connectivity index (χ4v) is 2.32. The average Bonchev–Trinajstić information content (AvgIpc) is 2.40. The normalized spacial score (nSPS) is 13.6. The third-order valence-corrected chi connectivity index (χ3v) is 3.61. The number of para-hydroxylation sites is 1. The number of nitrogens with zero attached hydrogens (tertiary/aromatic N) is 2. The van der Waals surface area contributed by atoms with Crippen molar-refractivity contribution in [1.82, 2.24) is 14.9 Å². The van der Waals surface area contributed by atoms with Crippen molar-refractivity contribution in [2.75, 3.05) is 6.54 Å². The number of likely N-dealkylation sites (N-methyl/N-ethyl adjacent to an activating group) is 1. The number of aromatic nitrogens is 2. The zero-order valence-electron chi connectivity index (χ0n) is 12.7. The molecule has 1 aromatic carbocycles. The largest absolute Gasteiger partial charge is 0.312 e. The predicted octanol–water partition coefficient (Wildman–Crippen LogP) is 2.42. The predicted molar refractivity (Wildman–Crippen MR) is 82.9 cm³/mol. The van der Waals surface area contributed by atoms with Crippen LogP contribution in [0.15, 0.2) is 35.4 Å². The topological polar surface area (TPSA) is 46.9 Å². The van der Waals surface area contributed by atoms with E-state index in [1.54, 1.807) is 10.9 Å². The number of hydrogen-bond acceptors (Lipinski definition) is 3. The van der Waals surface area contributed by atoms with Crippen molar-refractivity contribution in [3.05, 3.63) is 40.9 Å². The summed E-state index contributed by atoms with van der Waals surface area (Å²) in [5.41, 5.74) is 0.869. The molecule has 108 valence electrons. The van der Waals surface area contributed by atoms with Crippen molar-refractivity contribution < 1.29 is 0 Å². The molecule has 0 fully saturated rings. The summed E-state index contributed by atoms with van der Waals surface area (Å²) in [6.07, 6.45) is 1.65. The third-order valence-electron chi connectivity index (χ3n) is 3.61. The Morgan fingerprint density at radius 2 is 2.00 bits per heavy atom. The van der Waals surface area contributed by atoms with Crippen molar-refractivity contribution in [2.45, 2.75) is 40.3 Å². The summed E-state index contributed by atoms with van der Waals surface area (Å²) >= 11 is 0. The van der Waals surface area contributed by atoms with Crippen molar-refractivity contribution >= 4 is 10.9 Å². The van der Waals surface area contributed by atoms with Crippen molar-refractivity contribution in [3.63, 3.8) is 0 Å². The van der Waals surface area contributed by atoms with Gasteiger partial charge in [-0.05, 0) is 24.1 Å². The van der Waals surface area contributed by atoms with E-state index in [0.29, 0.717) is 11.9 Å². The lowest BCUT2D eigenvalue weighted by Gasteiger charge is -2.31. The molecule has 20 heavy (non-hydrogen) atoms.